The van der Waals surface area contributed by atoms with Crippen molar-refractivity contribution in [3.63, 3.8) is 0 Å². The molecule has 25 heavy (non-hydrogen) atoms. The number of nitrogens with one attached hydrogen (secondary N) is 1. The number of nitrogens with zero attached hydrogens (tertiary/aromatic N) is 2. The summed E-state index contributed by atoms with van der Waals surface area (Å²) in [5.41, 5.74) is 1.73. The van der Waals surface area contributed by atoms with Crippen molar-refractivity contribution in [2.24, 2.45) is 0 Å². The molecule has 0 bridgehead atoms. The van der Waals surface area contributed by atoms with Gasteiger partial charge >= 0.3 is 0 Å². The smallest absolute Gasteiger partial charge is 0.282 e. The van der Waals surface area contributed by atoms with E-state index >= 15 is 0 Å². The average molecular weight is 374 g/mol. The van der Waals surface area contributed by atoms with E-state index in [9.17, 15) is 9.18 Å². The fourth-order valence-electron chi connectivity index (χ4n) is 2.03. The molecule has 1 heterocycles. The standard InChI is InChI=1S/C18H13ClFN3OS/c19-15(10-12-6-8-14(20)9-7-12)17-22-23-18(25-17)16(24)21-11-13-4-2-1-3-5-13/h1-10H,11H2,(H,21,24)/b15-10-. The minimum atomic E-state index is -0.318. The molecule has 2 aromatic carbocycles. The van der Waals surface area contributed by atoms with Crippen molar-refractivity contribution in [2.45, 2.75) is 6.54 Å². The molecule has 0 saturated carbocycles. The number of rotatable bonds is 5. The van der Waals surface area contributed by atoms with Crippen LogP contribution in [0.15, 0.2) is 54.6 Å². The molecule has 0 saturated heterocycles. The Morgan fingerprint density at radius 2 is 1.76 bits per heavy atom. The molecule has 3 rings (SSSR count). The summed E-state index contributed by atoms with van der Waals surface area (Å²) < 4.78 is 12.9. The largest absolute Gasteiger partial charge is 0.346 e. The van der Waals surface area contributed by atoms with Gasteiger partial charge < -0.3 is 5.32 Å². The molecule has 4 nitrogen and oxygen atoms in total. The van der Waals surface area contributed by atoms with Crippen LogP contribution in [-0.4, -0.2) is 16.1 Å². The van der Waals surface area contributed by atoms with Gasteiger partial charge in [0.1, 0.15) is 5.82 Å². The van der Waals surface area contributed by atoms with Gasteiger partial charge in [0.15, 0.2) is 5.01 Å². The van der Waals surface area contributed by atoms with E-state index in [0.29, 0.717) is 16.6 Å². The van der Waals surface area contributed by atoms with Crippen LogP contribution in [0.1, 0.15) is 25.9 Å². The lowest BCUT2D eigenvalue weighted by atomic mass is 10.2. The molecule has 0 aliphatic carbocycles. The number of amides is 1. The van der Waals surface area contributed by atoms with Gasteiger partial charge in [-0.15, -0.1) is 10.2 Å². The van der Waals surface area contributed by atoms with Crippen LogP contribution in [0.4, 0.5) is 4.39 Å². The molecule has 0 aliphatic rings. The third kappa shape index (κ3) is 4.71. The van der Waals surface area contributed by atoms with Crippen LogP contribution in [0.2, 0.25) is 0 Å². The molecule has 1 aromatic heterocycles. The van der Waals surface area contributed by atoms with Crippen LogP contribution in [0.5, 0.6) is 0 Å². The quantitative estimate of drug-likeness (QED) is 0.723. The normalized spacial score (nSPS) is 11.4. The molecule has 126 valence electrons. The Kier molecular flexibility index (Phi) is 5.53. The van der Waals surface area contributed by atoms with Crippen molar-refractivity contribution in [1.29, 1.82) is 0 Å². The second kappa shape index (κ2) is 8.00. The Labute approximate surface area is 153 Å². The highest BCUT2D eigenvalue weighted by atomic mass is 35.5. The summed E-state index contributed by atoms with van der Waals surface area (Å²) in [6, 6.07) is 15.5. The zero-order valence-electron chi connectivity index (χ0n) is 12.9. The highest BCUT2D eigenvalue weighted by Crippen LogP contribution is 2.25. The number of benzene rings is 2. The van der Waals surface area contributed by atoms with E-state index in [-0.39, 0.29) is 16.7 Å². The minimum Gasteiger partial charge on any atom is -0.346 e. The van der Waals surface area contributed by atoms with Crippen LogP contribution in [0.3, 0.4) is 0 Å². The highest BCUT2D eigenvalue weighted by molar-refractivity contribution is 7.15. The molecule has 1 N–H and O–H groups in total. The fourth-order valence-corrected chi connectivity index (χ4v) is 2.98. The van der Waals surface area contributed by atoms with Gasteiger partial charge in [-0.2, -0.15) is 0 Å². The third-order valence-corrected chi connectivity index (χ3v) is 4.64. The molecular formula is C18H13ClFN3OS. The Hall–Kier alpha value is -2.57. The first-order valence-electron chi connectivity index (χ1n) is 7.40. The Morgan fingerprint density at radius 1 is 1.08 bits per heavy atom. The van der Waals surface area contributed by atoms with Crippen molar-refractivity contribution >= 4 is 40.0 Å². The van der Waals surface area contributed by atoms with Gasteiger partial charge in [-0.05, 0) is 29.3 Å². The maximum Gasteiger partial charge on any atom is 0.282 e. The van der Waals surface area contributed by atoms with Crippen molar-refractivity contribution in [1.82, 2.24) is 15.5 Å². The zero-order chi connectivity index (χ0) is 17.6. The van der Waals surface area contributed by atoms with Gasteiger partial charge in [0.2, 0.25) is 5.01 Å². The highest BCUT2D eigenvalue weighted by Gasteiger charge is 2.14. The number of hydrogen-bond donors (Lipinski definition) is 1. The monoisotopic (exact) mass is 373 g/mol. The molecule has 0 spiro atoms. The van der Waals surface area contributed by atoms with E-state index in [0.717, 1.165) is 22.5 Å². The number of hydrogen-bond acceptors (Lipinski definition) is 4. The summed E-state index contributed by atoms with van der Waals surface area (Å²) >= 11 is 7.31. The second-order valence-electron chi connectivity index (χ2n) is 5.12. The van der Waals surface area contributed by atoms with Gasteiger partial charge in [-0.1, -0.05) is 65.4 Å². The predicted octanol–water partition coefficient (Wildman–Crippen LogP) is 4.34. The lowest BCUT2D eigenvalue weighted by Crippen LogP contribution is -2.22. The Morgan fingerprint density at radius 3 is 2.48 bits per heavy atom. The van der Waals surface area contributed by atoms with Crippen LogP contribution in [-0.2, 0) is 6.54 Å². The van der Waals surface area contributed by atoms with Gasteiger partial charge in [0.05, 0.1) is 5.03 Å². The van der Waals surface area contributed by atoms with E-state index in [1.807, 2.05) is 30.3 Å². The molecule has 7 heteroatoms. The summed E-state index contributed by atoms with van der Waals surface area (Å²) in [4.78, 5) is 12.1. The summed E-state index contributed by atoms with van der Waals surface area (Å²) in [6.07, 6.45) is 1.65. The molecule has 3 aromatic rings. The Bertz CT molecular complexity index is 894. The summed E-state index contributed by atoms with van der Waals surface area (Å²) in [7, 11) is 0. The van der Waals surface area contributed by atoms with Crippen LogP contribution < -0.4 is 5.32 Å². The van der Waals surface area contributed by atoms with Crippen LogP contribution in [0, 0.1) is 5.82 Å². The number of carbonyl (C=O) groups is 1. The van der Waals surface area contributed by atoms with Gasteiger partial charge in [-0.3, -0.25) is 4.79 Å². The second-order valence-corrected chi connectivity index (χ2v) is 6.51. The summed E-state index contributed by atoms with van der Waals surface area (Å²) in [6.45, 7) is 0.410. The van der Waals surface area contributed by atoms with Gasteiger partial charge in [-0.25, -0.2) is 4.39 Å². The first kappa shape index (κ1) is 17.3. The van der Waals surface area contributed by atoms with Crippen molar-refractivity contribution in [3.05, 3.63) is 81.6 Å². The summed E-state index contributed by atoms with van der Waals surface area (Å²) in [5, 5.41) is 11.6. The SMILES string of the molecule is O=C(NCc1ccccc1)c1nnc(/C(Cl)=C/c2ccc(F)cc2)s1. The van der Waals surface area contributed by atoms with Crippen molar-refractivity contribution in [3.8, 4) is 0 Å². The molecule has 0 atom stereocenters. The fraction of sp³-hybridized carbons (Fsp3) is 0.0556. The number of halogens is 2. The molecule has 0 unspecified atom stereocenters. The first-order chi connectivity index (χ1) is 12.1. The van der Waals surface area contributed by atoms with Gasteiger partial charge in [0.25, 0.3) is 5.91 Å². The van der Waals surface area contributed by atoms with Crippen molar-refractivity contribution < 1.29 is 9.18 Å². The molecule has 0 aliphatic heterocycles. The lowest BCUT2D eigenvalue weighted by molar-refractivity contribution is 0.0950. The van der Waals surface area contributed by atoms with Crippen molar-refractivity contribution in [2.75, 3.05) is 0 Å². The van der Waals surface area contributed by atoms with E-state index in [1.54, 1.807) is 18.2 Å². The Balaban J connectivity index is 1.66. The number of carbonyl (C=O) groups excluding carboxylic acids is 1. The molecule has 0 radical (unpaired) electrons. The van der Waals surface area contributed by atoms with E-state index in [2.05, 4.69) is 15.5 Å². The first-order valence-corrected chi connectivity index (χ1v) is 8.60. The van der Waals surface area contributed by atoms with Crippen LogP contribution in [0.25, 0.3) is 11.1 Å². The van der Waals surface area contributed by atoms with Crippen LogP contribution >= 0.6 is 22.9 Å². The minimum absolute atomic E-state index is 0.233. The number of aromatic nitrogens is 2. The molecule has 0 fully saturated rings. The topological polar surface area (TPSA) is 54.9 Å². The molecule has 1 amide bonds. The molecular weight excluding hydrogens is 361 g/mol. The average Bonchev–Trinajstić information content (AvgIpc) is 3.13. The van der Waals surface area contributed by atoms with E-state index in [1.165, 1.54) is 12.1 Å². The van der Waals surface area contributed by atoms with E-state index in [4.69, 9.17) is 11.6 Å². The third-order valence-electron chi connectivity index (χ3n) is 3.28. The lowest BCUT2D eigenvalue weighted by Gasteiger charge is -2.02. The predicted molar refractivity (Wildman–Crippen MR) is 97.6 cm³/mol. The maximum atomic E-state index is 12.9. The van der Waals surface area contributed by atoms with E-state index < -0.39 is 0 Å². The maximum absolute atomic E-state index is 12.9. The summed E-state index contributed by atoms with van der Waals surface area (Å²) in [5.74, 6) is -0.625. The zero-order valence-corrected chi connectivity index (χ0v) is 14.5. The van der Waals surface area contributed by atoms with Gasteiger partial charge in [0, 0.05) is 6.54 Å².